The number of para-hydroxylation sites is 1. The average molecular weight is 339 g/mol. The molecule has 1 aromatic heterocycles. The lowest BCUT2D eigenvalue weighted by molar-refractivity contribution is -0.120. The molecule has 8 heteroatoms. The summed E-state index contributed by atoms with van der Waals surface area (Å²) in [6, 6.07) is 11.6. The fraction of sp³-hybridized carbons (Fsp3) is 0.176. The van der Waals surface area contributed by atoms with Crippen LogP contribution in [-0.4, -0.2) is 35.8 Å². The highest BCUT2D eigenvalue weighted by molar-refractivity contribution is 6.43. The SMILES string of the molecule is COc1ccc(NC(=O)C2=NC(C)C(=O)N(c3ccccc3)N2)cn1. The molecule has 2 heterocycles. The van der Waals surface area contributed by atoms with Gasteiger partial charge in [-0.1, -0.05) is 18.2 Å². The number of hydrogen-bond donors (Lipinski definition) is 2. The molecular weight excluding hydrogens is 322 g/mol. The number of rotatable bonds is 4. The van der Waals surface area contributed by atoms with Gasteiger partial charge < -0.3 is 10.1 Å². The second-order valence-electron chi connectivity index (χ2n) is 5.32. The summed E-state index contributed by atoms with van der Waals surface area (Å²) in [7, 11) is 1.51. The van der Waals surface area contributed by atoms with Crippen LogP contribution in [-0.2, 0) is 9.59 Å². The number of amides is 2. The Balaban J connectivity index is 1.77. The first kappa shape index (κ1) is 16.4. The standard InChI is InChI=1S/C17H17N5O3/c1-11-17(24)22(13-6-4-3-5-7-13)21-15(19-11)16(23)20-12-8-9-14(25-2)18-10-12/h3-11H,1-2H3,(H,19,21)(H,20,23). The number of nitrogens with one attached hydrogen (secondary N) is 2. The molecule has 2 amide bonds. The number of pyridine rings is 1. The molecule has 0 saturated heterocycles. The number of hydrazine groups is 1. The second-order valence-corrected chi connectivity index (χ2v) is 5.32. The zero-order valence-corrected chi connectivity index (χ0v) is 13.8. The Labute approximate surface area is 144 Å². The van der Waals surface area contributed by atoms with Crippen molar-refractivity contribution in [3.63, 3.8) is 0 Å². The molecule has 1 unspecified atom stereocenters. The van der Waals surface area contributed by atoms with Crippen LogP contribution in [0.3, 0.4) is 0 Å². The van der Waals surface area contributed by atoms with Gasteiger partial charge in [0.2, 0.25) is 11.7 Å². The zero-order valence-electron chi connectivity index (χ0n) is 13.8. The number of ether oxygens (including phenoxy) is 1. The number of nitrogens with zero attached hydrogens (tertiary/aromatic N) is 3. The zero-order chi connectivity index (χ0) is 17.8. The smallest absolute Gasteiger partial charge is 0.292 e. The van der Waals surface area contributed by atoms with Gasteiger partial charge in [0.05, 0.1) is 24.7 Å². The Morgan fingerprint density at radius 3 is 2.64 bits per heavy atom. The van der Waals surface area contributed by atoms with E-state index in [2.05, 4.69) is 20.7 Å². The van der Waals surface area contributed by atoms with Crippen molar-refractivity contribution in [1.29, 1.82) is 0 Å². The number of aromatic nitrogens is 1. The van der Waals surface area contributed by atoms with Gasteiger partial charge in [-0.05, 0) is 25.1 Å². The number of benzene rings is 1. The first-order chi connectivity index (χ1) is 12.1. The molecule has 1 aromatic carbocycles. The third-order valence-corrected chi connectivity index (χ3v) is 3.55. The van der Waals surface area contributed by atoms with Gasteiger partial charge in [-0.25, -0.2) is 15.0 Å². The lowest BCUT2D eigenvalue weighted by atomic mass is 10.2. The van der Waals surface area contributed by atoms with Crippen molar-refractivity contribution in [2.75, 3.05) is 17.4 Å². The molecule has 0 bridgehead atoms. The maximum Gasteiger partial charge on any atom is 0.292 e. The number of aliphatic imine (C=N–C) groups is 1. The van der Waals surface area contributed by atoms with Gasteiger partial charge in [0, 0.05) is 6.07 Å². The highest BCUT2D eigenvalue weighted by atomic mass is 16.5. The molecule has 0 aliphatic carbocycles. The minimum atomic E-state index is -0.670. The predicted octanol–water partition coefficient (Wildman–Crippen LogP) is 1.37. The number of carbonyl (C=O) groups is 2. The molecule has 0 saturated carbocycles. The summed E-state index contributed by atoms with van der Waals surface area (Å²) in [5.41, 5.74) is 3.89. The topological polar surface area (TPSA) is 95.9 Å². The summed E-state index contributed by atoms with van der Waals surface area (Å²) in [4.78, 5) is 32.9. The van der Waals surface area contributed by atoms with E-state index in [-0.39, 0.29) is 11.7 Å². The molecule has 8 nitrogen and oxygen atoms in total. The van der Waals surface area contributed by atoms with E-state index in [0.29, 0.717) is 17.3 Å². The van der Waals surface area contributed by atoms with Gasteiger partial charge in [0.15, 0.2) is 0 Å². The lowest BCUT2D eigenvalue weighted by Gasteiger charge is -2.30. The van der Waals surface area contributed by atoms with Crippen molar-refractivity contribution in [3.8, 4) is 5.88 Å². The van der Waals surface area contributed by atoms with Crippen molar-refractivity contribution < 1.29 is 14.3 Å². The molecule has 2 aromatic rings. The number of carbonyl (C=O) groups excluding carboxylic acids is 2. The molecule has 0 radical (unpaired) electrons. The quantitative estimate of drug-likeness (QED) is 0.877. The van der Waals surface area contributed by atoms with Crippen LogP contribution in [0.4, 0.5) is 11.4 Å². The molecule has 1 aliphatic heterocycles. The average Bonchev–Trinajstić information content (AvgIpc) is 2.65. The summed E-state index contributed by atoms with van der Waals surface area (Å²) in [5.74, 6) is -0.214. The number of anilines is 2. The van der Waals surface area contributed by atoms with Gasteiger partial charge in [0.1, 0.15) is 6.04 Å². The maximum absolute atomic E-state index is 12.4. The predicted molar refractivity (Wildman–Crippen MR) is 93.4 cm³/mol. The molecule has 1 atom stereocenters. The minimum Gasteiger partial charge on any atom is -0.481 e. The van der Waals surface area contributed by atoms with Crippen molar-refractivity contribution in [3.05, 3.63) is 48.7 Å². The Kier molecular flexibility index (Phi) is 4.60. The van der Waals surface area contributed by atoms with Crippen LogP contribution in [0, 0.1) is 0 Å². The van der Waals surface area contributed by atoms with Crippen molar-refractivity contribution in [1.82, 2.24) is 10.4 Å². The third-order valence-electron chi connectivity index (χ3n) is 3.55. The van der Waals surface area contributed by atoms with Gasteiger partial charge >= 0.3 is 0 Å². The van der Waals surface area contributed by atoms with Gasteiger partial charge in [-0.3, -0.25) is 15.0 Å². The number of hydrogen-bond acceptors (Lipinski definition) is 6. The molecular formula is C17H17N5O3. The third kappa shape index (κ3) is 3.57. The summed E-state index contributed by atoms with van der Waals surface area (Å²) in [6.07, 6.45) is 1.48. The Morgan fingerprint density at radius 1 is 1.24 bits per heavy atom. The first-order valence-corrected chi connectivity index (χ1v) is 7.63. The number of amidine groups is 1. The fourth-order valence-electron chi connectivity index (χ4n) is 2.27. The largest absolute Gasteiger partial charge is 0.481 e. The van der Waals surface area contributed by atoms with Crippen LogP contribution in [0.2, 0.25) is 0 Å². The molecule has 0 spiro atoms. The summed E-state index contributed by atoms with van der Waals surface area (Å²) in [6.45, 7) is 1.64. The van der Waals surface area contributed by atoms with Gasteiger partial charge in [-0.15, -0.1) is 0 Å². The Hall–Kier alpha value is -3.42. The van der Waals surface area contributed by atoms with Crippen molar-refractivity contribution >= 4 is 29.0 Å². The summed E-state index contributed by atoms with van der Waals surface area (Å²) in [5, 5.41) is 4.00. The van der Waals surface area contributed by atoms with E-state index in [1.807, 2.05) is 18.2 Å². The second kappa shape index (κ2) is 7.00. The Morgan fingerprint density at radius 2 is 2.00 bits per heavy atom. The molecule has 3 rings (SSSR count). The molecule has 128 valence electrons. The normalized spacial score (nSPS) is 16.7. The van der Waals surface area contributed by atoms with E-state index < -0.39 is 11.9 Å². The Bertz CT molecular complexity index is 805. The van der Waals surface area contributed by atoms with Crippen LogP contribution < -0.4 is 20.5 Å². The van der Waals surface area contributed by atoms with Crippen molar-refractivity contribution in [2.45, 2.75) is 13.0 Å². The monoisotopic (exact) mass is 339 g/mol. The minimum absolute atomic E-state index is 0.0479. The highest BCUT2D eigenvalue weighted by Crippen LogP contribution is 2.16. The summed E-state index contributed by atoms with van der Waals surface area (Å²) < 4.78 is 4.98. The van der Waals surface area contributed by atoms with Crippen LogP contribution in [0.25, 0.3) is 0 Å². The highest BCUT2D eigenvalue weighted by Gasteiger charge is 2.30. The molecule has 25 heavy (non-hydrogen) atoms. The van der Waals surface area contributed by atoms with Crippen molar-refractivity contribution in [2.24, 2.45) is 4.99 Å². The molecule has 1 aliphatic rings. The van der Waals surface area contributed by atoms with E-state index in [4.69, 9.17) is 4.74 Å². The van der Waals surface area contributed by atoms with Crippen LogP contribution in [0.15, 0.2) is 53.7 Å². The summed E-state index contributed by atoms with van der Waals surface area (Å²) >= 11 is 0. The van der Waals surface area contributed by atoms with E-state index in [0.717, 1.165) is 0 Å². The fourth-order valence-corrected chi connectivity index (χ4v) is 2.27. The molecule has 2 N–H and O–H groups in total. The van der Waals surface area contributed by atoms with E-state index in [1.54, 1.807) is 31.2 Å². The van der Waals surface area contributed by atoms with E-state index >= 15 is 0 Å². The van der Waals surface area contributed by atoms with E-state index in [9.17, 15) is 9.59 Å². The van der Waals surface area contributed by atoms with Crippen LogP contribution in [0.5, 0.6) is 5.88 Å². The maximum atomic E-state index is 12.4. The van der Waals surface area contributed by atoms with Crippen LogP contribution >= 0.6 is 0 Å². The van der Waals surface area contributed by atoms with Gasteiger partial charge in [-0.2, -0.15) is 0 Å². The lowest BCUT2D eigenvalue weighted by Crippen LogP contribution is -2.57. The van der Waals surface area contributed by atoms with Crippen LogP contribution in [0.1, 0.15) is 6.92 Å². The van der Waals surface area contributed by atoms with E-state index in [1.165, 1.54) is 18.3 Å². The molecule has 0 fully saturated rings. The first-order valence-electron chi connectivity index (χ1n) is 7.63. The number of methoxy groups -OCH3 is 1. The van der Waals surface area contributed by atoms with Gasteiger partial charge in [0.25, 0.3) is 11.8 Å².